The summed E-state index contributed by atoms with van der Waals surface area (Å²) in [4.78, 5) is 12.0. The number of hydrogen-bond acceptors (Lipinski definition) is 3. The summed E-state index contributed by atoms with van der Waals surface area (Å²) in [5.41, 5.74) is -0.527. The van der Waals surface area contributed by atoms with Gasteiger partial charge in [-0.2, -0.15) is 0 Å². The van der Waals surface area contributed by atoms with Gasteiger partial charge >= 0.3 is 5.97 Å². The van der Waals surface area contributed by atoms with Gasteiger partial charge in [0.15, 0.2) is 0 Å². The normalized spacial score (nSPS) is 12.0. The Bertz CT molecular complexity index is 644. The molecule has 2 rings (SSSR count). The minimum absolute atomic E-state index is 0.137. The van der Waals surface area contributed by atoms with E-state index in [1.807, 2.05) is 81.4 Å². The summed E-state index contributed by atoms with van der Waals surface area (Å²) in [6.45, 7) is 5.50. The van der Waals surface area contributed by atoms with Crippen LogP contribution in [0.15, 0.2) is 60.7 Å². The molecule has 0 amide bonds. The van der Waals surface area contributed by atoms with E-state index >= 15 is 0 Å². The minimum atomic E-state index is -2.84. The van der Waals surface area contributed by atoms with Crippen molar-refractivity contribution in [2.45, 2.75) is 32.8 Å². The van der Waals surface area contributed by atoms with E-state index in [2.05, 4.69) is 0 Å². The van der Waals surface area contributed by atoms with E-state index in [0.717, 1.165) is 10.6 Å². The van der Waals surface area contributed by atoms with Gasteiger partial charge in [-0.25, -0.2) is 0 Å². The maximum absolute atomic E-state index is 13.7. The third-order valence-corrected chi connectivity index (χ3v) is 6.52. The van der Waals surface area contributed by atoms with Gasteiger partial charge in [0.05, 0.1) is 6.42 Å². The molecule has 0 aliphatic rings. The van der Waals surface area contributed by atoms with Crippen molar-refractivity contribution in [1.82, 2.24) is 0 Å². The molecule has 0 saturated heterocycles. The third-order valence-electron chi connectivity index (χ3n) is 3.40. The number of esters is 1. The lowest BCUT2D eigenvalue weighted by Gasteiger charge is -2.22. The van der Waals surface area contributed by atoms with Crippen molar-refractivity contribution in [2.24, 2.45) is 0 Å². The Balaban J connectivity index is 2.26. The summed E-state index contributed by atoms with van der Waals surface area (Å²) in [6.07, 6.45) is 0.411. The average Bonchev–Trinajstić information content (AvgIpc) is 2.53. The predicted molar refractivity (Wildman–Crippen MR) is 95.1 cm³/mol. The highest BCUT2D eigenvalue weighted by atomic mass is 31.2. The molecule has 4 heteroatoms. The second-order valence-corrected chi connectivity index (χ2v) is 9.43. The number of hydrogen-bond donors (Lipinski definition) is 0. The van der Waals surface area contributed by atoms with Crippen LogP contribution < -0.4 is 10.6 Å². The van der Waals surface area contributed by atoms with Gasteiger partial charge in [-0.15, -0.1) is 0 Å². The summed E-state index contributed by atoms with van der Waals surface area (Å²) in [6, 6.07) is 18.7. The molecule has 0 atom stereocenters. The standard InChI is InChI=1S/C19H23O3P/c1-19(2,3)22-18(20)14-15-23(21,16-10-6-4-7-11-16)17-12-8-5-9-13-17/h4-13H,14-15H2,1-3H3. The maximum Gasteiger partial charge on any atom is 0.306 e. The molecule has 0 aromatic heterocycles. The lowest BCUT2D eigenvalue weighted by Crippen LogP contribution is -2.26. The van der Waals surface area contributed by atoms with E-state index in [-0.39, 0.29) is 18.6 Å². The topological polar surface area (TPSA) is 43.4 Å². The monoisotopic (exact) mass is 330 g/mol. The van der Waals surface area contributed by atoms with Crippen molar-refractivity contribution >= 4 is 23.7 Å². The minimum Gasteiger partial charge on any atom is -0.460 e. The Morgan fingerprint density at radius 3 is 1.74 bits per heavy atom. The van der Waals surface area contributed by atoms with E-state index in [4.69, 9.17) is 4.74 Å². The molecule has 0 heterocycles. The summed E-state index contributed by atoms with van der Waals surface area (Å²) in [5, 5.41) is 1.55. The molecule has 0 N–H and O–H groups in total. The van der Waals surface area contributed by atoms with Crippen LogP contribution in [0.5, 0.6) is 0 Å². The highest BCUT2D eigenvalue weighted by Gasteiger charge is 2.28. The number of carbonyl (C=O) groups excluding carboxylic acids is 1. The second kappa shape index (κ2) is 7.14. The maximum atomic E-state index is 13.7. The Kier molecular flexibility index (Phi) is 5.43. The smallest absolute Gasteiger partial charge is 0.306 e. The fourth-order valence-corrected chi connectivity index (χ4v) is 5.01. The molecule has 0 aliphatic heterocycles. The quantitative estimate of drug-likeness (QED) is 0.620. The fourth-order valence-electron chi connectivity index (χ4n) is 2.39. The molecule has 2 aromatic rings. The second-order valence-electron chi connectivity index (χ2n) is 6.47. The molecular formula is C19H23O3P. The zero-order chi connectivity index (χ0) is 16.9. The van der Waals surface area contributed by atoms with Crippen LogP contribution >= 0.6 is 7.14 Å². The van der Waals surface area contributed by atoms with E-state index in [9.17, 15) is 9.36 Å². The van der Waals surface area contributed by atoms with Gasteiger partial charge in [-0.05, 0) is 20.8 Å². The molecule has 0 bridgehead atoms. The molecule has 3 nitrogen and oxygen atoms in total. The Morgan fingerprint density at radius 1 is 0.913 bits per heavy atom. The van der Waals surface area contributed by atoms with Crippen LogP contribution in [0, 0.1) is 0 Å². The highest BCUT2D eigenvalue weighted by Crippen LogP contribution is 2.43. The Hall–Kier alpha value is -1.86. The highest BCUT2D eigenvalue weighted by molar-refractivity contribution is 7.78. The average molecular weight is 330 g/mol. The van der Waals surface area contributed by atoms with Gasteiger partial charge in [-0.3, -0.25) is 4.79 Å². The fraction of sp³-hybridized carbons (Fsp3) is 0.316. The molecular weight excluding hydrogens is 307 g/mol. The van der Waals surface area contributed by atoms with Crippen LogP contribution in [0.2, 0.25) is 0 Å². The van der Waals surface area contributed by atoms with Crippen molar-refractivity contribution in [3.63, 3.8) is 0 Å². The molecule has 0 unspecified atom stereocenters. The molecule has 0 spiro atoms. The molecule has 2 aromatic carbocycles. The zero-order valence-electron chi connectivity index (χ0n) is 13.9. The van der Waals surface area contributed by atoms with Crippen LogP contribution in [0.3, 0.4) is 0 Å². The summed E-state index contributed by atoms with van der Waals surface area (Å²) in [7, 11) is -2.84. The molecule has 0 radical (unpaired) electrons. The molecule has 23 heavy (non-hydrogen) atoms. The van der Waals surface area contributed by atoms with Crippen LogP contribution in [-0.4, -0.2) is 17.7 Å². The summed E-state index contributed by atoms with van der Waals surface area (Å²) < 4.78 is 19.0. The van der Waals surface area contributed by atoms with Crippen molar-refractivity contribution < 1.29 is 14.1 Å². The molecule has 0 saturated carbocycles. The SMILES string of the molecule is CC(C)(C)OC(=O)CCP(=O)(c1ccccc1)c1ccccc1. The Morgan fingerprint density at radius 2 is 1.35 bits per heavy atom. The molecule has 0 aliphatic carbocycles. The van der Waals surface area contributed by atoms with Gasteiger partial charge < -0.3 is 9.30 Å². The predicted octanol–water partition coefficient (Wildman–Crippen LogP) is 3.73. The number of carbonyl (C=O) groups is 1. The van der Waals surface area contributed by atoms with E-state index in [1.54, 1.807) is 0 Å². The van der Waals surface area contributed by atoms with Gasteiger partial charge in [0.1, 0.15) is 12.7 Å². The van der Waals surface area contributed by atoms with Crippen LogP contribution in [0.1, 0.15) is 27.2 Å². The summed E-state index contributed by atoms with van der Waals surface area (Å²) in [5.74, 6) is -0.315. The van der Waals surface area contributed by atoms with Gasteiger partial charge in [0.25, 0.3) is 0 Å². The summed E-state index contributed by atoms with van der Waals surface area (Å²) >= 11 is 0. The van der Waals surface area contributed by atoms with Gasteiger partial charge in [0, 0.05) is 16.8 Å². The van der Waals surface area contributed by atoms with Crippen molar-refractivity contribution in [2.75, 3.05) is 6.16 Å². The molecule has 0 fully saturated rings. The molecule has 122 valence electrons. The lowest BCUT2D eigenvalue weighted by atomic mass is 10.2. The van der Waals surface area contributed by atoms with Gasteiger partial charge in [0.2, 0.25) is 0 Å². The van der Waals surface area contributed by atoms with E-state index in [0.29, 0.717) is 0 Å². The number of ether oxygens (including phenoxy) is 1. The first-order chi connectivity index (χ1) is 10.8. The van der Waals surface area contributed by atoms with Crippen molar-refractivity contribution in [3.8, 4) is 0 Å². The first-order valence-corrected chi connectivity index (χ1v) is 9.63. The first kappa shape index (κ1) is 17.5. The van der Waals surface area contributed by atoms with Crippen molar-refractivity contribution in [3.05, 3.63) is 60.7 Å². The zero-order valence-corrected chi connectivity index (χ0v) is 14.8. The Labute approximate surface area is 138 Å². The van der Waals surface area contributed by atoms with Crippen LogP contribution in [-0.2, 0) is 14.1 Å². The van der Waals surface area contributed by atoms with Crippen molar-refractivity contribution in [1.29, 1.82) is 0 Å². The first-order valence-electron chi connectivity index (χ1n) is 7.73. The third kappa shape index (κ3) is 4.80. The lowest BCUT2D eigenvalue weighted by molar-refractivity contribution is -0.154. The van der Waals surface area contributed by atoms with Crippen LogP contribution in [0.25, 0.3) is 0 Å². The number of rotatable bonds is 5. The largest absolute Gasteiger partial charge is 0.460 e. The number of benzene rings is 2. The van der Waals surface area contributed by atoms with E-state index < -0.39 is 12.7 Å². The van der Waals surface area contributed by atoms with Crippen LogP contribution in [0.4, 0.5) is 0 Å². The van der Waals surface area contributed by atoms with E-state index in [1.165, 1.54) is 0 Å². The van der Waals surface area contributed by atoms with Gasteiger partial charge in [-0.1, -0.05) is 60.7 Å².